The van der Waals surface area contributed by atoms with E-state index in [1.54, 1.807) is 0 Å². The first-order valence-electron chi connectivity index (χ1n) is 24.6. The lowest BCUT2D eigenvalue weighted by molar-refractivity contribution is -0.396. The lowest BCUT2D eigenvalue weighted by Gasteiger charge is -2.50. The van der Waals surface area contributed by atoms with Gasteiger partial charge in [0.15, 0.2) is 44.0 Å². The molecule has 0 saturated carbocycles. The number of ether oxygens (including phenoxy) is 14. The van der Waals surface area contributed by atoms with Crippen LogP contribution in [0.1, 0.15) is 0 Å². The van der Waals surface area contributed by atoms with Crippen molar-refractivity contribution in [2.75, 3.05) is 46.2 Å². The second-order valence-electron chi connectivity index (χ2n) is 19.7. The largest absolute Gasteiger partial charge is 0.394 e. The molecule has 35 nitrogen and oxygen atoms in total. The molecule has 21 N–H and O–H groups in total. The molecule has 21 fully saturated rings. The molecule has 21 aliphatic heterocycles. The minimum absolute atomic E-state index is 1.05. The molecule has 14 bridgehead atoms. The van der Waals surface area contributed by atoms with Crippen LogP contribution in [0.2, 0.25) is 0 Å². The molecule has 35 heteroatoms. The average molecular weight is 1130 g/mol. The monoisotopic (exact) mass is 1130 g/mol. The fraction of sp³-hybridized carbons (Fsp3) is 1.00. The van der Waals surface area contributed by atoms with Crippen LogP contribution in [0.3, 0.4) is 0 Å². The quantitative estimate of drug-likeness (QED) is 0.113. The predicted molar refractivity (Wildman–Crippen MR) is 228 cm³/mol. The van der Waals surface area contributed by atoms with Gasteiger partial charge in [-0.2, -0.15) is 0 Å². The Labute approximate surface area is 434 Å². The topological polar surface area (TPSA) is 554 Å². The van der Waals surface area contributed by atoms with Crippen LogP contribution in [0.5, 0.6) is 0 Å². The number of hydrogen-bond donors (Lipinski definition) is 21. The van der Waals surface area contributed by atoms with Gasteiger partial charge < -0.3 is 174 Å². The van der Waals surface area contributed by atoms with Crippen LogP contribution in [0, 0.1) is 0 Å². The molecule has 21 heterocycles. The Hall–Kier alpha value is -1.40. The first-order chi connectivity index (χ1) is 36.7. The molecule has 35 atom stereocenters. The van der Waals surface area contributed by atoms with Crippen molar-refractivity contribution in [1.82, 2.24) is 0 Å². The molecule has 0 aliphatic carbocycles. The summed E-state index contributed by atoms with van der Waals surface area (Å²) < 4.78 is 79.5. The highest BCUT2D eigenvalue weighted by molar-refractivity contribution is 5.01. The summed E-state index contributed by atoms with van der Waals surface area (Å²) in [6, 6.07) is 0. The van der Waals surface area contributed by atoms with E-state index in [1.165, 1.54) is 0 Å². The molecule has 448 valence electrons. The van der Waals surface area contributed by atoms with Crippen LogP contribution >= 0.6 is 0 Å². The summed E-state index contributed by atoms with van der Waals surface area (Å²) in [4.78, 5) is 0. The third-order valence-electron chi connectivity index (χ3n) is 14.8. The van der Waals surface area contributed by atoms with Gasteiger partial charge in [0.1, 0.15) is 171 Å². The maximum atomic E-state index is 11.3. The minimum atomic E-state index is -2.21. The molecule has 0 aromatic carbocycles. The first kappa shape index (κ1) is 61.7. The van der Waals surface area contributed by atoms with E-state index < -0.39 is 261 Å². The SMILES string of the molecule is OC[C@H]1O[C@H]2O[C@H]3[C@H](O)[C@@H](O)[C@@H](O[C@H]4[C@H](O)[C@@H](O)[C@@H](O[C@H]5[C@@H](O)[C@@H](O)[C@@H](O[C@H]6[C@H](O)[C@@H](O)[C@H](O[C@H]7[C@H](O)[C@@H](O)[C@@H](O[C@H]8[C@H](O)[C@@H](O)[C@@H](O[C@H]1[C@H](O)[C@H]2O)O[C@@H]8CO)O[C@@H]7CO)O[C@@H]6CO)O[C@@H]5CO)O[C@@H]4CO)O[C@@H]3CO. The van der Waals surface area contributed by atoms with Crippen LogP contribution in [0.15, 0.2) is 0 Å². The molecule has 0 radical (unpaired) electrons. The summed E-state index contributed by atoms with van der Waals surface area (Å²) >= 11 is 0. The third-order valence-corrected chi connectivity index (χ3v) is 14.8. The van der Waals surface area contributed by atoms with Crippen LogP contribution in [0.4, 0.5) is 0 Å². The normalized spacial score (nSPS) is 55.4. The van der Waals surface area contributed by atoms with Gasteiger partial charge in [0.2, 0.25) is 0 Å². The van der Waals surface area contributed by atoms with Crippen molar-refractivity contribution in [2.45, 2.75) is 215 Å². The maximum Gasteiger partial charge on any atom is 0.187 e. The van der Waals surface area contributed by atoms with E-state index in [0.717, 1.165) is 0 Å². The molecular weight excluding hydrogens is 1060 g/mol. The molecule has 77 heavy (non-hydrogen) atoms. The van der Waals surface area contributed by atoms with Gasteiger partial charge in [-0.15, -0.1) is 0 Å². The number of aliphatic hydroxyl groups is 21. The Kier molecular flexibility index (Phi) is 20.8. The van der Waals surface area contributed by atoms with Crippen LogP contribution < -0.4 is 0 Å². The Balaban J connectivity index is 1.08. The highest BCUT2D eigenvalue weighted by Crippen LogP contribution is 2.39. The van der Waals surface area contributed by atoms with E-state index in [-0.39, 0.29) is 0 Å². The third kappa shape index (κ3) is 12.1. The Bertz CT molecular complexity index is 1470. The van der Waals surface area contributed by atoms with Gasteiger partial charge >= 0.3 is 0 Å². The Morgan fingerprint density at radius 2 is 0.260 bits per heavy atom. The van der Waals surface area contributed by atoms with Crippen molar-refractivity contribution in [1.29, 1.82) is 0 Å². The predicted octanol–water partition coefficient (Wildman–Crippen LogP) is -15.2. The van der Waals surface area contributed by atoms with Gasteiger partial charge in [-0.3, -0.25) is 0 Å². The highest BCUT2D eigenvalue weighted by Gasteiger charge is 2.59. The second kappa shape index (κ2) is 26.0. The van der Waals surface area contributed by atoms with E-state index in [0.29, 0.717) is 0 Å². The summed E-state index contributed by atoms with van der Waals surface area (Å²) in [6.07, 6.45) is -70.2. The molecule has 0 aromatic heterocycles. The van der Waals surface area contributed by atoms with Crippen molar-refractivity contribution < 1.29 is 174 Å². The molecular formula is C42H70O35. The summed E-state index contributed by atoms with van der Waals surface area (Å²) in [5.41, 5.74) is 0. The molecule has 0 amide bonds. The summed E-state index contributed by atoms with van der Waals surface area (Å²) in [7, 11) is 0. The number of hydrogen-bond acceptors (Lipinski definition) is 35. The van der Waals surface area contributed by atoms with Crippen LogP contribution in [0.25, 0.3) is 0 Å². The standard InChI is InChI=1S/C42H70O35/c43-1-8-29-15(50)22(57)36(64-8)72-30-9(2-44)66-38(24(59)17(30)52)74-32-11(4-46)68-40(26(61)19(32)54)76-34-13(6-48)70-42(28(63)21(34)56)77-35-14(7-49)69-41(27(62)20(35)55)75-33-12(5-47)67-39(25(60)18(33)53)73-31-10(3-45)65-37(71-29)23(58)16(31)51/h8-63H,1-7H2/t8-,9-,10-,11-,12-,13-,14-,15-,16-,17-,18-,19-,20-,21+,22-,23-,24-,25-,26-,27-,28-,29-,30-,31-,32-,33-,34-,35-,36+,37-,38-,39-,40-,41+,42-/m1/s1. The van der Waals surface area contributed by atoms with Gasteiger partial charge in [0.05, 0.1) is 46.2 Å². The Morgan fingerprint density at radius 1 is 0.156 bits per heavy atom. The molecule has 21 aliphatic rings. The van der Waals surface area contributed by atoms with Crippen molar-refractivity contribution in [3.8, 4) is 0 Å². The van der Waals surface area contributed by atoms with Crippen LogP contribution in [-0.2, 0) is 66.3 Å². The maximum absolute atomic E-state index is 11.3. The Morgan fingerprint density at radius 3 is 0.351 bits per heavy atom. The van der Waals surface area contributed by atoms with Crippen LogP contribution in [-0.4, -0.2) is 368 Å². The summed E-state index contributed by atoms with van der Waals surface area (Å²) in [5, 5.41) is 230. The fourth-order valence-corrected chi connectivity index (χ4v) is 10.4. The molecule has 0 spiro atoms. The van der Waals surface area contributed by atoms with Gasteiger partial charge in [0, 0.05) is 0 Å². The van der Waals surface area contributed by atoms with Gasteiger partial charge in [-0.1, -0.05) is 0 Å². The van der Waals surface area contributed by atoms with Crippen molar-refractivity contribution >= 4 is 0 Å². The van der Waals surface area contributed by atoms with Crippen molar-refractivity contribution in [2.24, 2.45) is 0 Å². The van der Waals surface area contributed by atoms with E-state index in [9.17, 15) is 107 Å². The number of rotatable bonds is 7. The fourth-order valence-electron chi connectivity index (χ4n) is 10.4. The molecule has 0 aromatic rings. The van der Waals surface area contributed by atoms with Gasteiger partial charge in [-0.05, 0) is 0 Å². The van der Waals surface area contributed by atoms with Crippen molar-refractivity contribution in [3.05, 3.63) is 0 Å². The van der Waals surface area contributed by atoms with E-state index in [4.69, 9.17) is 66.3 Å². The number of aliphatic hydroxyl groups excluding tert-OH is 21. The summed E-state index contributed by atoms with van der Waals surface area (Å²) in [5.74, 6) is 0. The van der Waals surface area contributed by atoms with Gasteiger partial charge in [0.25, 0.3) is 0 Å². The molecule has 0 unspecified atom stereocenters. The van der Waals surface area contributed by atoms with E-state index in [1.807, 2.05) is 0 Å². The minimum Gasteiger partial charge on any atom is -0.394 e. The second-order valence-corrected chi connectivity index (χ2v) is 19.7. The lowest BCUT2D eigenvalue weighted by atomic mass is 9.95. The zero-order chi connectivity index (χ0) is 56.1. The molecule has 21 saturated heterocycles. The highest BCUT2D eigenvalue weighted by atomic mass is 16.8. The summed E-state index contributed by atoms with van der Waals surface area (Å²) in [6.45, 7) is -7.33. The average Bonchev–Trinajstić information content (AvgIpc) is 3.45. The van der Waals surface area contributed by atoms with Crippen molar-refractivity contribution in [3.63, 3.8) is 0 Å². The smallest absolute Gasteiger partial charge is 0.187 e. The molecule has 21 rings (SSSR count). The zero-order valence-electron chi connectivity index (χ0n) is 40.3. The zero-order valence-corrected chi connectivity index (χ0v) is 40.3. The van der Waals surface area contributed by atoms with E-state index >= 15 is 0 Å². The van der Waals surface area contributed by atoms with E-state index in [2.05, 4.69) is 0 Å². The van der Waals surface area contributed by atoms with Gasteiger partial charge in [-0.25, -0.2) is 0 Å². The lowest BCUT2D eigenvalue weighted by Crippen LogP contribution is -2.68. The first-order valence-corrected chi connectivity index (χ1v) is 24.6.